The highest BCUT2D eigenvalue weighted by atomic mass is 32.2. The van der Waals surface area contributed by atoms with E-state index in [2.05, 4.69) is 9.36 Å². The Hall–Kier alpha value is -1.86. The van der Waals surface area contributed by atoms with Crippen molar-refractivity contribution in [2.75, 3.05) is 0 Å². The number of thioether (sulfide) groups is 1. The van der Waals surface area contributed by atoms with E-state index in [1.807, 2.05) is 25.1 Å². The van der Waals surface area contributed by atoms with E-state index < -0.39 is 5.97 Å². The predicted octanol–water partition coefficient (Wildman–Crippen LogP) is 3.84. The molecule has 0 aliphatic heterocycles. The zero-order valence-electron chi connectivity index (χ0n) is 11.2. The summed E-state index contributed by atoms with van der Waals surface area (Å²) in [7, 11) is 0. The Labute approximate surface area is 129 Å². The van der Waals surface area contributed by atoms with Crippen LogP contribution >= 0.6 is 23.3 Å². The van der Waals surface area contributed by atoms with E-state index in [9.17, 15) is 9.90 Å². The normalized spacial score (nSPS) is 11.1. The van der Waals surface area contributed by atoms with Crippen molar-refractivity contribution in [2.45, 2.75) is 23.4 Å². The van der Waals surface area contributed by atoms with Gasteiger partial charge in [-0.05, 0) is 17.6 Å². The van der Waals surface area contributed by atoms with E-state index in [1.165, 1.54) is 23.3 Å². The van der Waals surface area contributed by atoms with Gasteiger partial charge in [0.05, 0.1) is 0 Å². The number of fused-ring (bicyclic) bond motifs is 1. The summed E-state index contributed by atoms with van der Waals surface area (Å²) in [6, 6.07) is 7.35. The molecule has 0 aliphatic rings. The SMILES string of the molecule is CCc1nsc(SCc2c(C(=O)O)oc3ccccc23)n1. The lowest BCUT2D eigenvalue weighted by atomic mass is 10.1. The Morgan fingerprint density at radius 2 is 2.24 bits per heavy atom. The molecule has 0 fully saturated rings. The van der Waals surface area contributed by atoms with Crippen LogP contribution in [0.5, 0.6) is 0 Å². The monoisotopic (exact) mass is 320 g/mol. The van der Waals surface area contributed by atoms with Crippen molar-refractivity contribution in [3.8, 4) is 0 Å². The number of rotatable bonds is 5. The van der Waals surface area contributed by atoms with Crippen molar-refractivity contribution < 1.29 is 14.3 Å². The minimum atomic E-state index is -1.05. The Morgan fingerprint density at radius 1 is 1.43 bits per heavy atom. The molecule has 1 N–H and O–H groups in total. The summed E-state index contributed by atoms with van der Waals surface area (Å²) in [5.41, 5.74) is 1.29. The molecule has 7 heteroatoms. The molecular weight excluding hydrogens is 308 g/mol. The molecule has 3 rings (SSSR count). The first-order valence-corrected chi connectivity index (χ1v) is 8.14. The van der Waals surface area contributed by atoms with Crippen LogP contribution in [0.15, 0.2) is 33.0 Å². The van der Waals surface area contributed by atoms with Gasteiger partial charge in [0.25, 0.3) is 0 Å². The van der Waals surface area contributed by atoms with Crippen LogP contribution in [0, 0.1) is 0 Å². The van der Waals surface area contributed by atoms with Crippen molar-refractivity contribution in [3.05, 3.63) is 41.4 Å². The molecule has 2 aromatic heterocycles. The molecule has 0 unspecified atom stereocenters. The Morgan fingerprint density at radius 3 is 2.95 bits per heavy atom. The summed E-state index contributed by atoms with van der Waals surface area (Å²) in [6.07, 6.45) is 0.798. The van der Waals surface area contributed by atoms with Gasteiger partial charge < -0.3 is 9.52 Å². The van der Waals surface area contributed by atoms with Gasteiger partial charge in [-0.15, -0.1) is 0 Å². The molecule has 0 saturated carbocycles. The molecule has 21 heavy (non-hydrogen) atoms. The van der Waals surface area contributed by atoms with Crippen LogP contribution in [-0.4, -0.2) is 20.4 Å². The minimum absolute atomic E-state index is 0.00364. The van der Waals surface area contributed by atoms with Crippen LogP contribution in [0.4, 0.5) is 0 Å². The number of carboxylic acids is 1. The second-order valence-corrected chi connectivity index (χ2v) is 6.30. The standard InChI is InChI=1S/C14H12N2O3S2/c1-2-11-15-14(21-16-11)20-7-9-8-5-3-4-6-10(8)19-12(9)13(17)18/h3-6H,2,7H2,1H3,(H,17,18). The Balaban J connectivity index is 1.91. The number of carbonyl (C=O) groups is 1. The van der Waals surface area contributed by atoms with Crippen molar-refractivity contribution >= 4 is 40.2 Å². The second-order valence-electron chi connectivity index (χ2n) is 4.33. The van der Waals surface area contributed by atoms with Crippen LogP contribution in [0.3, 0.4) is 0 Å². The average Bonchev–Trinajstić information content (AvgIpc) is 3.09. The highest BCUT2D eigenvalue weighted by molar-refractivity contribution is 8.00. The summed E-state index contributed by atoms with van der Waals surface area (Å²) in [5.74, 6) is 0.270. The number of aromatic carboxylic acids is 1. The van der Waals surface area contributed by atoms with Gasteiger partial charge in [0, 0.05) is 23.1 Å². The third-order valence-corrected chi connectivity index (χ3v) is 4.90. The number of carboxylic acid groups (broad SMARTS) is 1. The summed E-state index contributed by atoms with van der Waals surface area (Å²) in [5, 5.41) is 10.1. The Bertz CT molecular complexity index is 794. The van der Waals surface area contributed by atoms with Crippen LogP contribution < -0.4 is 0 Å². The fraction of sp³-hybridized carbons (Fsp3) is 0.214. The fourth-order valence-electron chi connectivity index (χ4n) is 1.99. The van der Waals surface area contributed by atoms with Crippen molar-refractivity contribution in [2.24, 2.45) is 0 Å². The average molecular weight is 320 g/mol. The third-order valence-electron chi connectivity index (χ3n) is 3.00. The second kappa shape index (κ2) is 5.87. The Kier molecular flexibility index (Phi) is 3.94. The predicted molar refractivity (Wildman–Crippen MR) is 82.0 cm³/mol. The van der Waals surface area contributed by atoms with Gasteiger partial charge >= 0.3 is 5.97 Å². The van der Waals surface area contributed by atoms with Gasteiger partial charge in [-0.1, -0.05) is 36.9 Å². The highest BCUT2D eigenvalue weighted by Crippen LogP contribution is 2.32. The van der Waals surface area contributed by atoms with Crippen LogP contribution in [-0.2, 0) is 12.2 Å². The van der Waals surface area contributed by atoms with Crippen LogP contribution in [0.2, 0.25) is 0 Å². The largest absolute Gasteiger partial charge is 0.475 e. The van der Waals surface area contributed by atoms with E-state index >= 15 is 0 Å². The van der Waals surface area contributed by atoms with E-state index in [4.69, 9.17) is 4.42 Å². The number of hydrogen-bond donors (Lipinski definition) is 1. The molecule has 0 atom stereocenters. The molecule has 2 heterocycles. The quantitative estimate of drug-likeness (QED) is 0.720. The zero-order valence-corrected chi connectivity index (χ0v) is 12.8. The molecule has 0 bridgehead atoms. The minimum Gasteiger partial charge on any atom is -0.475 e. The summed E-state index contributed by atoms with van der Waals surface area (Å²) in [4.78, 5) is 15.7. The molecular formula is C14H12N2O3S2. The third kappa shape index (κ3) is 2.79. The number of aromatic nitrogens is 2. The van der Waals surface area contributed by atoms with Gasteiger partial charge in [0.15, 0.2) is 4.34 Å². The summed E-state index contributed by atoms with van der Waals surface area (Å²) >= 11 is 2.82. The maximum atomic E-state index is 11.3. The lowest BCUT2D eigenvalue weighted by Gasteiger charge is -1.97. The van der Waals surface area contributed by atoms with Gasteiger partial charge in [-0.3, -0.25) is 0 Å². The molecule has 5 nitrogen and oxygen atoms in total. The molecule has 108 valence electrons. The van der Waals surface area contributed by atoms with E-state index in [0.29, 0.717) is 16.9 Å². The number of hydrogen-bond acceptors (Lipinski definition) is 6. The van der Waals surface area contributed by atoms with Crippen LogP contribution in [0.25, 0.3) is 11.0 Å². The van der Waals surface area contributed by atoms with Crippen molar-refractivity contribution in [1.82, 2.24) is 9.36 Å². The molecule has 1 aromatic carbocycles. The van der Waals surface area contributed by atoms with Crippen molar-refractivity contribution in [3.63, 3.8) is 0 Å². The zero-order chi connectivity index (χ0) is 14.8. The fourth-order valence-corrected chi connectivity index (χ4v) is 3.71. The van der Waals surface area contributed by atoms with E-state index in [0.717, 1.165) is 22.0 Å². The van der Waals surface area contributed by atoms with Gasteiger partial charge in [0.1, 0.15) is 11.4 Å². The first kappa shape index (κ1) is 14.1. The number of benzene rings is 1. The first-order chi connectivity index (χ1) is 10.2. The summed E-state index contributed by atoms with van der Waals surface area (Å²) < 4.78 is 10.5. The molecule has 0 radical (unpaired) electrons. The lowest BCUT2D eigenvalue weighted by Crippen LogP contribution is -1.97. The molecule has 0 aliphatic carbocycles. The smallest absolute Gasteiger partial charge is 0.372 e. The van der Waals surface area contributed by atoms with Gasteiger partial charge in [0.2, 0.25) is 5.76 Å². The first-order valence-electron chi connectivity index (χ1n) is 6.38. The van der Waals surface area contributed by atoms with Crippen molar-refractivity contribution in [1.29, 1.82) is 0 Å². The maximum Gasteiger partial charge on any atom is 0.372 e. The highest BCUT2D eigenvalue weighted by Gasteiger charge is 2.20. The lowest BCUT2D eigenvalue weighted by molar-refractivity contribution is 0.0664. The number of nitrogens with zero attached hydrogens (tertiary/aromatic N) is 2. The molecule has 0 saturated heterocycles. The molecule has 3 aromatic rings. The van der Waals surface area contributed by atoms with Gasteiger partial charge in [-0.2, -0.15) is 4.37 Å². The molecule has 0 amide bonds. The van der Waals surface area contributed by atoms with E-state index in [1.54, 1.807) is 6.07 Å². The number of para-hydroxylation sites is 1. The molecule has 0 spiro atoms. The number of furan rings is 1. The van der Waals surface area contributed by atoms with Gasteiger partial charge in [-0.25, -0.2) is 9.78 Å². The van der Waals surface area contributed by atoms with Crippen LogP contribution in [0.1, 0.15) is 28.9 Å². The maximum absolute atomic E-state index is 11.3. The summed E-state index contributed by atoms with van der Waals surface area (Å²) in [6.45, 7) is 2.00. The topological polar surface area (TPSA) is 76.2 Å². The number of aryl methyl sites for hydroxylation is 1. The van der Waals surface area contributed by atoms with E-state index in [-0.39, 0.29) is 5.76 Å².